The van der Waals surface area contributed by atoms with E-state index in [2.05, 4.69) is 15.9 Å². The molecule has 0 aliphatic rings. The summed E-state index contributed by atoms with van der Waals surface area (Å²) in [6, 6.07) is 3.19. The molecular weight excluding hydrogens is 246 g/mol. The zero-order chi connectivity index (χ0) is 10.6. The van der Waals surface area contributed by atoms with Crippen molar-refractivity contribution in [3.8, 4) is 11.5 Å². The number of hydrogen-bond acceptors (Lipinski definition) is 3. The van der Waals surface area contributed by atoms with Gasteiger partial charge in [-0.1, -0.05) is 15.9 Å². The Morgan fingerprint density at radius 2 is 1.93 bits per heavy atom. The molecule has 3 nitrogen and oxygen atoms in total. The van der Waals surface area contributed by atoms with Crippen LogP contribution in [0.5, 0.6) is 11.5 Å². The number of hydrogen-bond donors (Lipinski definition) is 3. The fraction of sp³-hybridized carbons (Fsp3) is 0.400. The SMILES string of the molecule is NCCCCc1c(Br)ccc(O)c1O. The van der Waals surface area contributed by atoms with E-state index >= 15 is 0 Å². The third-order valence-electron chi connectivity index (χ3n) is 2.09. The Balaban J connectivity index is 2.79. The molecule has 0 aromatic heterocycles. The van der Waals surface area contributed by atoms with Crippen LogP contribution in [0, 0.1) is 0 Å². The van der Waals surface area contributed by atoms with Gasteiger partial charge in [0.05, 0.1) is 0 Å². The first kappa shape index (κ1) is 11.3. The van der Waals surface area contributed by atoms with E-state index in [1.165, 1.54) is 6.07 Å². The van der Waals surface area contributed by atoms with E-state index < -0.39 is 0 Å². The smallest absolute Gasteiger partial charge is 0.161 e. The highest BCUT2D eigenvalue weighted by atomic mass is 79.9. The summed E-state index contributed by atoms with van der Waals surface area (Å²) in [5.41, 5.74) is 6.12. The largest absolute Gasteiger partial charge is 0.504 e. The lowest BCUT2D eigenvalue weighted by atomic mass is 10.1. The predicted octanol–water partition coefficient (Wildman–Crippen LogP) is 2.14. The Bertz CT molecular complexity index is 315. The van der Waals surface area contributed by atoms with Gasteiger partial charge in [0.25, 0.3) is 0 Å². The summed E-state index contributed by atoms with van der Waals surface area (Å²) in [6.07, 6.45) is 2.55. The summed E-state index contributed by atoms with van der Waals surface area (Å²) < 4.78 is 0.824. The molecule has 0 aliphatic carbocycles. The van der Waals surface area contributed by atoms with Crippen LogP contribution in [0.4, 0.5) is 0 Å². The van der Waals surface area contributed by atoms with Crippen molar-refractivity contribution in [1.29, 1.82) is 0 Å². The second-order valence-corrected chi connectivity index (χ2v) is 3.99. The lowest BCUT2D eigenvalue weighted by Crippen LogP contribution is -1.99. The minimum Gasteiger partial charge on any atom is -0.504 e. The molecule has 14 heavy (non-hydrogen) atoms. The lowest BCUT2D eigenvalue weighted by molar-refractivity contribution is 0.398. The van der Waals surface area contributed by atoms with Crippen molar-refractivity contribution >= 4 is 15.9 Å². The standard InChI is InChI=1S/C10H14BrNO2/c11-8-4-5-9(13)10(14)7(8)3-1-2-6-12/h4-5,13-14H,1-3,6,12H2. The lowest BCUT2D eigenvalue weighted by Gasteiger charge is -2.08. The monoisotopic (exact) mass is 259 g/mol. The van der Waals surface area contributed by atoms with E-state index in [-0.39, 0.29) is 11.5 Å². The van der Waals surface area contributed by atoms with E-state index in [1.54, 1.807) is 6.07 Å². The van der Waals surface area contributed by atoms with Crippen LogP contribution in [0.1, 0.15) is 18.4 Å². The van der Waals surface area contributed by atoms with Crippen LogP contribution < -0.4 is 5.73 Å². The van der Waals surface area contributed by atoms with Gasteiger partial charge in [0.1, 0.15) is 0 Å². The zero-order valence-electron chi connectivity index (χ0n) is 7.83. The second kappa shape index (κ2) is 5.22. The van der Waals surface area contributed by atoms with Crippen LogP contribution in [0.3, 0.4) is 0 Å². The van der Waals surface area contributed by atoms with E-state index in [1.807, 2.05) is 0 Å². The molecule has 4 N–H and O–H groups in total. The number of unbranched alkanes of at least 4 members (excludes halogenated alkanes) is 1. The van der Waals surface area contributed by atoms with Gasteiger partial charge < -0.3 is 15.9 Å². The number of benzene rings is 1. The van der Waals surface area contributed by atoms with Crippen molar-refractivity contribution in [1.82, 2.24) is 0 Å². The van der Waals surface area contributed by atoms with Gasteiger partial charge in [0.2, 0.25) is 0 Å². The molecule has 4 heteroatoms. The normalized spacial score (nSPS) is 10.4. The van der Waals surface area contributed by atoms with Crippen LogP contribution in [0.15, 0.2) is 16.6 Å². The maximum absolute atomic E-state index is 9.57. The molecule has 78 valence electrons. The second-order valence-electron chi connectivity index (χ2n) is 3.14. The highest BCUT2D eigenvalue weighted by Crippen LogP contribution is 2.34. The molecule has 0 unspecified atom stereocenters. The fourth-order valence-electron chi connectivity index (χ4n) is 1.28. The topological polar surface area (TPSA) is 66.5 Å². The summed E-state index contributed by atoms with van der Waals surface area (Å²) in [7, 11) is 0. The Labute approximate surface area is 91.7 Å². The average Bonchev–Trinajstić information content (AvgIpc) is 2.18. The highest BCUT2D eigenvalue weighted by molar-refractivity contribution is 9.10. The quantitative estimate of drug-likeness (QED) is 0.574. The van der Waals surface area contributed by atoms with Crippen molar-refractivity contribution in [2.24, 2.45) is 5.73 Å². The first-order valence-corrected chi connectivity index (χ1v) is 5.35. The van der Waals surface area contributed by atoms with Gasteiger partial charge in [-0.3, -0.25) is 0 Å². The van der Waals surface area contributed by atoms with Gasteiger partial charge in [-0.15, -0.1) is 0 Å². The van der Waals surface area contributed by atoms with Crippen LogP contribution in [-0.2, 0) is 6.42 Å². The van der Waals surface area contributed by atoms with Crippen molar-refractivity contribution < 1.29 is 10.2 Å². The Hall–Kier alpha value is -0.740. The van der Waals surface area contributed by atoms with Crippen LogP contribution >= 0.6 is 15.9 Å². The van der Waals surface area contributed by atoms with Crippen molar-refractivity contribution in [3.05, 3.63) is 22.2 Å². The number of phenolic OH excluding ortho intramolecular Hbond substituents is 2. The molecule has 1 rings (SSSR count). The Kier molecular flexibility index (Phi) is 4.22. The van der Waals surface area contributed by atoms with Gasteiger partial charge in [-0.2, -0.15) is 0 Å². The maximum Gasteiger partial charge on any atom is 0.161 e. The molecule has 1 aromatic rings. The van der Waals surface area contributed by atoms with Gasteiger partial charge in [0, 0.05) is 10.0 Å². The Morgan fingerprint density at radius 1 is 1.21 bits per heavy atom. The molecule has 0 fully saturated rings. The molecular formula is C10H14BrNO2. The van der Waals surface area contributed by atoms with Crippen molar-refractivity contribution in [2.75, 3.05) is 6.54 Å². The molecule has 0 saturated heterocycles. The summed E-state index contributed by atoms with van der Waals surface area (Å²) in [5.74, 6) is -0.104. The third kappa shape index (κ3) is 2.62. The molecule has 0 heterocycles. The maximum atomic E-state index is 9.57. The van der Waals surface area contributed by atoms with Gasteiger partial charge in [0.15, 0.2) is 11.5 Å². The van der Waals surface area contributed by atoms with E-state index in [4.69, 9.17) is 5.73 Å². The predicted molar refractivity (Wildman–Crippen MR) is 59.5 cm³/mol. The van der Waals surface area contributed by atoms with Crippen LogP contribution in [0.25, 0.3) is 0 Å². The molecule has 0 amide bonds. The van der Waals surface area contributed by atoms with Gasteiger partial charge in [-0.25, -0.2) is 0 Å². The van der Waals surface area contributed by atoms with Crippen molar-refractivity contribution in [2.45, 2.75) is 19.3 Å². The number of phenols is 2. The zero-order valence-corrected chi connectivity index (χ0v) is 9.42. The number of aromatic hydroxyl groups is 2. The van der Waals surface area contributed by atoms with Gasteiger partial charge >= 0.3 is 0 Å². The minimum absolute atomic E-state index is 0.0311. The molecule has 0 atom stereocenters. The van der Waals surface area contributed by atoms with E-state index in [0.29, 0.717) is 6.54 Å². The van der Waals surface area contributed by atoms with Crippen LogP contribution in [-0.4, -0.2) is 16.8 Å². The molecule has 1 aromatic carbocycles. The molecule has 0 spiro atoms. The number of rotatable bonds is 4. The summed E-state index contributed by atoms with van der Waals surface area (Å²) >= 11 is 3.33. The average molecular weight is 260 g/mol. The molecule has 0 aliphatic heterocycles. The van der Waals surface area contributed by atoms with Crippen molar-refractivity contribution in [3.63, 3.8) is 0 Å². The molecule has 0 bridgehead atoms. The third-order valence-corrected chi connectivity index (χ3v) is 2.83. The molecule has 0 radical (unpaired) electrons. The number of nitrogens with two attached hydrogens (primary N) is 1. The minimum atomic E-state index is -0.0732. The number of halogens is 1. The summed E-state index contributed by atoms with van der Waals surface area (Å²) in [5, 5.41) is 18.9. The Morgan fingerprint density at radius 3 is 2.57 bits per heavy atom. The first-order chi connectivity index (χ1) is 6.66. The highest BCUT2D eigenvalue weighted by Gasteiger charge is 2.09. The fourth-order valence-corrected chi connectivity index (χ4v) is 1.80. The summed E-state index contributed by atoms with van der Waals surface area (Å²) in [4.78, 5) is 0. The molecule has 0 saturated carbocycles. The summed E-state index contributed by atoms with van der Waals surface area (Å²) in [6.45, 7) is 0.650. The first-order valence-electron chi connectivity index (χ1n) is 4.56. The van der Waals surface area contributed by atoms with E-state index in [0.717, 1.165) is 29.3 Å². The van der Waals surface area contributed by atoms with Gasteiger partial charge in [-0.05, 0) is 37.9 Å². The van der Waals surface area contributed by atoms with Crippen LogP contribution in [0.2, 0.25) is 0 Å². The van der Waals surface area contributed by atoms with E-state index in [9.17, 15) is 10.2 Å².